The van der Waals surface area contributed by atoms with Crippen molar-refractivity contribution < 1.29 is 23.0 Å². The number of carbonyl (C=O) groups is 1. The average Bonchev–Trinajstić information content (AvgIpc) is 2.60. The predicted molar refractivity (Wildman–Crippen MR) is 88.9 cm³/mol. The van der Waals surface area contributed by atoms with Crippen LogP contribution in [0.4, 0.5) is 0 Å². The van der Waals surface area contributed by atoms with Gasteiger partial charge < -0.3 is 19.8 Å². The summed E-state index contributed by atoms with van der Waals surface area (Å²) in [6.07, 6.45) is 0. The molecule has 6 nitrogen and oxygen atoms in total. The van der Waals surface area contributed by atoms with E-state index in [1.807, 2.05) is 30.3 Å². The summed E-state index contributed by atoms with van der Waals surface area (Å²) in [6, 6.07) is 15.3. The summed E-state index contributed by atoms with van der Waals surface area (Å²) >= 11 is -2.68. The Kier molecular flexibility index (Phi) is 6.48. The fourth-order valence-corrected chi connectivity index (χ4v) is 2.81. The van der Waals surface area contributed by atoms with Crippen molar-refractivity contribution in [3.8, 4) is 5.75 Å². The van der Waals surface area contributed by atoms with E-state index in [2.05, 4.69) is 4.74 Å². The molecule has 0 aromatic heterocycles. The predicted octanol–water partition coefficient (Wildman–Crippen LogP) is 1.69. The summed E-state index contributed by atoms with van der Waals surface area (Å²) in [6.45, 7) is 0.418. The number of hydrogen-bond donors (Lipinski definition) is 1. The van der Waals surface area contributed by atoms with E-state index in [0.717, 1.165) is 12.7 Å². The van der Waals surface area contributed by atoms with Crippen molar-refractivity contribution in [2.45, 2.75) is 17.9 Å². The topological polar surface area (TPSA) is 102 Å². The van der Waals surface area contributed by atoms with Crippen LogP contribution in [0.25, 0.3) is 0 Å². The molecule has 2 aromatic carbocycles. The zero-order chi connectivity index (χ0) is 17.5. The van der Waals surface area contributed by atoms with E-state index in [1.165, 1.54) is 0 Å². The van der Waals surface area contributed by atoms with Crippen molar-refractivity contribution >= 4 is 17.0 Å². The van der Waals surface area contributed by atoms with E-state index in [1.54, 1.807) is 24.3 Å². The first-order chi connectivity index (χ1) is 11.5. The molecular formula is C17H18NO5S-. The second-order valence-corrected chi connectivity index (χ2v) is 6.10. The van der Waals surface area contributed by atoms with E-state index < -0.39 is 28.3 Å². The lowest BCUT2D eigenvalue weighted by atomic mass is 10.0. The largest absolute Gasteiger partial charge is 0.772 e. The molecule has 2 rings (SSSR count). The molecule has 0 spiro atoms. The van der Waals surface area contributed by atoms with Crippen LogP contribution in [0.1, 0.15) is 17.2 Å². The van der Waals surface area contributed by atoms with Gasteiger partial charge in [0.1, 0.15) is 17.6 Å². The smallest absolute Gasteiger partial charge is 0.322 e. The van der Waals surface area contributed by atoms with Crippen molar-refractivity contribution in [3.63, 3.8) is 0 Å². The molecule has 0 bridgehead atoms. The molecule has 128 valence electrons. The molecular weight excluding hydrogens is 330 g/mol. The summed E-state index contributed by atoms with van der Waals surface area (Å²) in [5.41, 5.74) is 7.43. The molecule has 24 heavy (non-hydrogen) atoms. The fourth-order valence-electron chi connectivity index (χ4n) is 2.16. The highest BCUT2D eigenvalue weighted by atomic mass is 32.2. The standard InChI is InChI=1S/C17H19NO5S/c1-22-17(19)16(24(20)21)15(18)13-7-9-14(10-8-13)23-11-12-5-3-2-4-6-12/h2-10,15-16H,11,18H2,1H3,(H,20,21)/p-1. The van der Waals surface area contributed by atoms with Crippen LogP contribution in [-0.4, -0.2) is 27.1 Å². The molecule has 0 saturated carbocycles. The minimum absolute atomic E-state index is 0.418. The van der Waals surface area contributed by atoms with E-state index in [0.29, 0.717) is 17.9 Å². The van der Waals surface area contributed by atoms with E-state index in [9.17, 15) is 13.6 Å². The number of ether oxygens (including phenoxy) is 2. The van der Waals surface area contributed by atoms with Crippen molar-refractivity contribution in [2.24, 2.45) is 5.73 Å². The van der Waals surface area contributed by atoms with Gasteiger partial charge in [-0.2, -0.15) is 0 Å². The first-order valence-corrected chi connectivity index (χ1v) is 8.35. The minimum Gasteiger partial charge on any atom is -0.772 e. The number of carbonyl (C=O) groups excluding carboxylic acids is 1. The van der Waals surface area contributed by atoms with Crippen LogP contribution in [0.2, 0.25) is 0 Å². The van der Waals surface area contributed by atoms with Crippen LogP contribution < -0.4 is 10.5 Å². The molecule has 0 aliphatic carbocycles. The summed E-state index contributed by atoms with van der Waals surface area (Å²) in [7, 11) is 1.12. The molecule has 0 aliphatic heterocycles. The van der Waals surface area contributed by atoms with Crippen LogP contribution in [0.5, 0.6) is 5.75 Å². The summed E-state index contributed by atoms with van der Waals surface area (Å²) < 4.78 is 32.6. The molecule has 0 aliphatic rings. The van der Waals surface area contributed by atoms with Crippen molar-refractivity contribution in [1.29, 1.82) is 0 Å². The SMILES string of the molecule is COC(=O)C(C(N)c1ccc(OCc2ccccc2)cc1)S(=O)[O-]. The Balaban J connectivity index is 2.05. The maximum Gasteiger partial charge on any atom is 0.322 e. The third-order valence-electron chi connectivity index (χ3n) is 3.48. The van der Waals surface area contributed by atoms with Gasteiger partial charge in [-0.15, -0.1) is 0 Å². The highest BCUT2D eigenvalue weighted by Crippen LogP contribution is 2.22. The lowest BCUT2D eigenvalue weighted by molar-refractivity contribution is -0.140. The average molecular weight is 348 g/mol. The molecule has 3 unspecified atom stereocenters. The third-order valence-corrected chi connectivity index (χ3v) is 4.38. The molecule has 0 saturated heterocycles. The maximum absolute atomic E-state index is 11.6. The second-order valence-electron chi connectivity index (χ2n) is 5.07. The van der Waals surface area contributed by atoms with Crippen LogP contribution in [-0.2, 0) is 27.2 Å². The van der Waals surface area contributed by atoms with Gasteiger partial charge in [0.25, 0.3) is 0 Å². The van der Waals surface area contributed by atoms with Gasteiger partial charge in [0.2, 0.25) is 0 Å². The van der Waals surface area contributed by atoms with Crippen LogP contribution in [0.3, 0.4) is 0 Å². The Hall–Kier alpha value is -2.22. The molecule has 0 heterocycles. The highest BCUT2D eigenvalue weighted by molar-refractivity contribution is 7.80. The van der Waals surface area contributed by atoms with Crippen LogP contribution in [0, 0.1) is 0 Å². The Morgan fingerprint density at radius 2 is 1.79 bits per heavy atom. The fraction of sp³-hybridized carbons (Fsp3) is 0.235. The van der Waals surface area contributed by atoms with Gasteiger partial charge in [-0.05, 0) is 34.3 Å². The van der Waals surface area contributed by atoms with E-state index >= 15 is 0 Å². The normalized spacial score (nSPS) is 14.5. The lowest BCUT2D eigenvalue weighted by Gasteiger charge is -2.24. The first-order valence-electron chi connectivity index (χ1n) is 7.21. The Morgan fingerprint density at radius 1 is 1.17 bits per heavy atom. The number of nitrogens with two attached hydrogens (primary N) is 1. The van der Waals surface area contributed by atoms with Gasteiger partial charge in [0.05, 0.1) is 13.2 Å². The molecule has 0 amide bonds. The number of benzene rings is 2. The number of hydrogen-bond acceptors (Lipinski definition) is 6. The summed E-state index contributed by atoms with van der Waals surface area (Å²) in [5.74, 6) is -0.270. The Bertz CT molecular complexity index is 690. The van der Waals surface area contributed by atoms with Crippen molar-refractivity contribution in [3.05, 3.63) is 65.7 Å². The molecule has 0 radical (unpaired) electrons. The Labute approximate surface area is 142 Å². The molecule has 2 N–H and O–H groups in total. The quantitative estimate of drug-likeness (QED) is 0.603. The van der Waals surface area contributed by atoms with E-state index in [-0.39, 0.29) is 0 Å². The van der Waals surface area contributed by atoms with Crippen molar-refractivity contribution in [1.82, 2.24) is 0 Å². The zero-order valence-electron chi connectivity index (χ0n) is 13.1. The van der Waals surface area contributed by atoms with Gasteiger partial charge in [-0.25, -0.2) is 0 Å². The number of esters is 1. The van der Waals surface area contributed by atoms with E-state index in [4.69, 9.17) is 10.5 Å². The number of methoxy groups -OCH3 is 1. The monoisotopic (exact) mass is 348 g/mol. The van der Waals surface area contributed by atoms with Crippen LogP contribution in [0.15, 0.2) is 54.6 Å². The van der Waals surface area contributed by atoms with Gasteiger partial charge in [0.15, 0.2) is 0 Å². The van der Waals surface area contributed by atoms with Gasteiger partial charge in [-0.3, -0.25) is 9.00 Å². The summed E-state index contributed by atoms with van der Waals surface area (Å²) in [4.78, 5) is 11.6. The molecule has 0 fully saturated rings. The van der Waals surface area contributed by atoms with Gasteiger partial charge in [0, 0.05) is 0 Å². The highest BCUT2D eigenvalue weighted by Gasteiger charge is 2.28. The first kappa shape index (κ1) is 18.1. The third kappa shape index (κ3) is 4.64. The second kappa shape index (κ2) is 8.58. The lowest BCUT2D eigenvalue weighted by Crippen LogP contribution is -2.38. The zero-order valence-corrected chi connectivity index (χ0v) is 13.9. The molecule has 7 heteroatoms. The summed E-state index contributed by atoms with van der Waals surface area (Å²) in [5, 5.41) is -1.45. The molecule has 2 aromatic rings. The van der Waals surface area contributed by atoms with Gasteiger partial charge in [-0.1, -0.05) is 42.5 Å². The van der Waals surface area contributed by atoms with Gasteiger partial charge >= 0.3 is 5.97 Å². The maximum atomic E-state index is 11.6. The molecule has 3 atom stereocenters. The number of rotatable bonds is 7. The van der Waals surface area contributed by atoms with Crippen LogP contribution >= 0.6 is 0 Å². The minimum atomic E-state index is -2.68. The Morgan fingerprint density at radius 3 is 2.33 bits per heavy atom. The van der Waals surface area contributed by atoms with Crippen molar-refractivity contribution in [2.75, 3.05) is 7.11 Å².